The Balaban J connectivity index is 1.53. The minimum atomic E-state index is -0.138. The minimum absolute atomic E-state index is 0.138. The molecule has 4 aromatic rings. The summed E-state index contributed by atoms with van der Waals surface area (Å²) in [7, 11) is 0. The molecule has 2 heterocycles. The third-order valence-corrected chi connectivity index (χ3v) is 6.17. The summed E-state index contributed by atoms with van der Waals surface area (Å²) in [6.45, 7) is 4.41. The van der Waals surface area contributed by atoms with Crippen molar-refractivity contribution in [2.24, 2.45) is 0 Å². The van der Waals surface area contributed by atoms with Crippen LogP contribution in [0, 0.1) is 6.92 Å². The lowest BCUT2D eigenvalue weighted by atomic mass is 10.1. The van der Waals surface area contributed by atoms with Gasteiger partial charge in [0.15, 0.2) is 0 Å². The Morgan fingerprint density at radius 2 is 1.87 bits per heavy atom. The van der Waals surface area contributed by atoms with Gasteiger partial charge in [0.05, 0.1) is 27.8 Å². The van der Waals surface area contributed by atoms with E-state index in [1.807, 2.05) is 68.4 Å². The molecule has 2 aromatic heterocycles. The first-order valence-corrected chi connectivity index (χ1v) is 11.3. The molecule has 0 atom stereocenters. The molecule has 0 radical (unpaired) electrons. The standard InChI is InChI=1S/C22H20N4O2S2/c1-3-28-17-12-8-7-11-16(17)24-18(27)13-29-22-20-21(30-14(2)23-20)19(25-26-22)15-9-5-4-6-10-15/h4-12H,3,13H2,1-2H3,(H,24,27). The van der Waals surface area contributed by atoms with E-state index in [0.717, 1.165) is 26.5 Å². The first-order valence-electron chi connectivity index (χ1n) is 9.49. The second-order valence-corrected chi connectivity index (χ2v) is 8.56. The van der Waals surface area contributed by atoms with Gasteiger partial charge in [-0.2, -0.15) is 0 Å². The second-order valence-electron chi connectivity index (χ2n) is 6.40. The number of thiazole rings is 1. The Morgan fingerprint density at radius 1 is 1.10 bits per heavy atom. The fourth-order valence-electron chi connectivity index (χ4n) is 2.97. The highest BCUT2D eigenvalue weighted by atomic mass is 32.2. The smallest absolute Gasteiger partial charge is 0.234 e. The van der Waals surface area contributed by atoms with Gasteiger partial charge in [0, 0.05) is 5.56 Å². The fourth-order valence-corrected chi connectivity index (χ4v) is 4.69. The molecule has 1 N–H and O–H groups in total. The normalized spacial score (nSPS) is 10.9. The van der Waals surface area contributed by atoms with Gasteiger partial charge in [0.1, 0.15) is 22.0 Å². The maximum atomic E-state index is 12.5. The molecule has 0 unspecified atom stereocenters. The molecule has 2 aromatic carbocycles. The van der Waals surface area contributed by atoms with Gasteiger partial charge < -0.3 is 10.1 Å². The zero-order valence-corrected chi connectivity index (χ0v) is 18.2. The van der Waals surface area contributed by atoms with Gasteiger partial charge in [-0.1, -0.05) is 54.2 Å². The van der Waals surface area contributed by atoms with E-state index in [9.17, 15) is 4.79 Å². The van der Waals surface area contributed by atoms with Gasteiger partial charge in [-0.15, -0.1) is 21.5 Å². The molecule has 4 rings (SSSR count). The summed E-state index contributed by atoms with van der Waals surface area (Å²) < 4.78 is 6.55. The summed E-state index contributed by atoms with van der Waals surface area (Å²) in [5, 5.41) is 13.3. The number of amides is 1. The predicted octanol–water partition coefficient (Wildman–Crippen LogP) is 5.19. The Morgan fingerprint density at radius 3 is 2.67 bits per heavy atom. The molecule has 0 spiro atoms. The maximum absolute atomic E-state index is 12.5. The van der Waals surface area contributed by atoms with E-state index in [1.54, 1.807) is 11.3 Å². The number of fused-ring (bicyclic) bond motifs is 1. The van der Waals surface area contributed by atoms with E-state index in [0.29, 0.717) is 23.1 Å². The summed E-state index contributed by atoms with van der Waals surface area (Å²) in [5.74, 6) is 0.718. The number of rotatable bonds is 7. The quantitative estimate of drug-likeness (QED) is 0.402. The first kappa shape index (κ1) is 20.3. The number of hydrogen-bond donors (Lipinski definition) is 1. The van der Waals surface area contributed by atoms with Crippen LogP contribution in [-0.4, -0.2) is 33.4 Å². The maximum Gasteiger partial charge on any atom is 0.234 e. The predicted molar refractivity (Wildman–Crippen MR) is 122 cm³/mol. The van der Waals surface area contributed by atoms with E-state index in [2.05, 4.69) is 20.5 Å². The number of hydrogen-bond acceptors (Lipinski definition) is 7. The molecule has 30 heavy (non-hydrogen) atoms. The van der Waals surface area contributed by atoms with Crippen molar-refractivity contribution >= 4 is 44.9 Å². The highest BCUT2D eigenvalue weighted by Crippen LogP contribution is 2.35. The Bertz CT molecular complexity index is 1180. The summed E-state index contributed by atoms with van der Waals surface area (Å²) >= 11 is 2.92. The average molecular weight is 437 g/mol. The molecule has 0 saturated heterocycles. The van der Waals surface area contributed by atoms with Crippen LogP contribution < -0.4 is 10.1 Å². The summed E-state index contributed by atoms with van der Waals surface area (Å²) in [4.78, 5) is 17.2. The van der Waals surface area contributed by atoms with Crippen molar-refractivity contribution in [1.82, 2.24) is 15.2 Å². The molecule has 0 fully saturated rings. The summed E-state index contributed by atoms with van der Waals surface area (Å²) in [5.41, 5.74) is 3.26. The van der Waals surface area contributed by atoms with Crippen molar-refractivity contribution in [3.05, 3.63) is 59.6 Å². The number of nitrogens with zero attached hydrogens (tertiary/aromatic N) is 3. The summed E-state index contributed by atoms with van der Waals surface area (Å²) in [6, 6.07) is 17.3. The Hall–Kier alpha value is -2.97. The van der Waals surface area contributed by atoms with Gasteiger partial charge in [-0.25, -0.2) is 4.98 Å². The molecule has 152 valence electrons. The van der Waals surface area contributed by atoms with Gasteiger partial charge in [0.25, 0.3) is 0 Å². The van der Waals surface area contributed by atoms with Crippen LogP contribution in [0.3, 0.4) is 0 Å². The highest BCUT2D eigenvalue weighted by Gasteiger charge is 2.17. The number of aryl methyl sites for hydroxylation is 1. The highest BCUT2D eigenvalue weighted by molar-refractivity contribution is 8.00. The van der Waals surface area contributed by atoms with Crippen LogP contribution in [0.2, 0.25) is 0 Å². The molecule has 0 aliphatic rings. The SMILES string of the molecule is CCOc1ccccc1NC(=O)CSc1nnc(-c2ccccc2)c2sc(C)nc12. The van der Waals surface area contributed by atoms with Crippen LogP contribution in [-0.2, 0) is 4.79 Å². The Labute approximate surface area is 182 Å². The lowest BCUT2D eigenvalue weighted by Crippen LogP contribution is -2.15. The number of carbonyl (C=O) groups is 1. The third kappa shape index (κ3) is 4.44. The van der Waals surface area contributed by atoms with Crippen molar-refractivity contribution in [3.8, 4) is 17.0 Å². The average Bonchev–Trinajstić information content (AvgIpc) is 3.15. The van der Waals surface area contributed by atoms with Gasteiger partial charge in [-0.05, 0) is 26.0 Å². The third-order valence-electron chi connectivity index (χ3n) is 4.24. The molecule has 6 nitrogen and oxygen atoms in total. The van der Waals surface area contributed by atoms with Crippen molar-refractivity contribution in [2.45, 2.75) is 18.9 Å². The van der Waals surface area contributed by atoms with Crippen LogP contribution in [0.15, 0.2) is 59.6 Å². The van der Waals surface area contributed by atoms with E-state index < -0.39 is 0 Å². The minimum Gasteiger partial charge on any atom is -0.492 e. The fraction of sp³-hybridized carbons (Fsp3) is 0.182. The number of anilines is 1. The molecule has 0 aliphatic carbocycles. The summed E-state index contributed by atoms with van der Waals surface area (Å²) in [6.07, 6.45) is 0. The van der Waals surface area contributed by atoms with E-state index in [1.165, 1.54) is 11.8 Å². The molecule has 1 amide bonds. The molecule has 8 heteroatoms. The van der Waals surface area contributed by atoms with Gasteiger partial charge in [0.2, 0.25) is 5.91 Å². The van der Waals surface area contributed by atoms with Crippen molar-refractivity contribution in [3.63, 3.8) is 0 Å². The van der Waals surface area contributed by atoms with Crippen molar-refractivity contribution in [2.75, 3.05) is 17.7 Å². The number of carbonyl (C=O) groups excluding carboxylic acids is 1. The monoisotopic (exact) mass is 436 g/mol. The van der Waals surface area contributed by atoms with Crippen molar-refractivity contribution in [1.29, 1.82) is 0 Å². The van der Waals surface area contributed by atoms with Gasteiger partial charge in [-0.3, -0.25) is 4.79 Å². The number of para-hydroxylation sites is 2. The zero-order valence-electron chi connectivity index (χ0n) is 16.6. The molecule has 0 aliphatic heterocycles. The van der Waals surface area contributed by atoms with E-state index in [4.69, 9.17) is 4.74 Å². The van der Waals surface area contributed by atoms with E-state index in [-0.39, 0.29) is 11.7 Å². The topological polar surface area (TPSA) is 77.0 Å². The van der Waals surface area contributed by atoms with E-state index >= 15 is 0 Å². The van der Waals surface area contributed by atoms with Crippen molar-refractivity contribution < 1.29 is 9.53 Å². The van der Waals surface area contributed by atoms with Gasteiger partial charge >= 0.3 is 0 Å². The number of ether oxygens (including phenoxy) is 1. The largest absolute Gasteiger partial charge is 0.492 e. The van der Waals surface area contributed by atoms with Crippen LogP contribution >= 0.6 is 23.1 Å². The van der Waals surface area contributed by atoms with Crippen LogP contribution in [0.5, 0.6) is 5.75 Å². The number of thioether (sulfide) groups is 1. The van der Waals surface area contributed by atoms with Crippen LogP contribution in [0.25, 0.3) is 21.5 Å². The lowest BCUT2D eigenvalue weighted by molar-refractivity contribution is -0.113. The molecular weight excluding hydrogens is 416 g/mol. The first-order chi connectivity index (χ1) is 14.7. The second kappa shape index (κ2) is 9.23. The zero-order chi connectivity index (χ0) is 20.9. The lowest BCUT2D eigenvalue weighted by Gasteiger charge is -2.11. The molecule has 0 bridgehead atoms. The van der Waals surface area contributed by atoms with Crippen LogP contribution in [0.1, 0.15) is 11.9 Å². The number of nitrogens with one attached hydrogen (secondary N) is 1. The molecular formula is C22H20N4O2S2. The molecule has 0 saturated carbocycles. The number of benzene rings is 2. The number of aromatic nitrogens is 3. The van der Waals surface area contributed by atoms with Crippen LogP contribution in [0.4, 0.5) is 5.69 Å². The Kier molecular flexibility index (Phi) is 6.25.